The zero-order valence-electron chi connectivity index (χ0n) is 18.0. The van der Waals surface area contributed by atoms with Gasteiger partial charge in [0.15, 0.2) is 11.7 Å². The summed E-state index contributed by atoms with van der Waals surface area (Å²) in [5.74, 6) is -0.866. The van der Waals surface area contributed by atoms with Crippen molar-refractivity contribution < 1.29 is 23.9 Å². The number of rotatable bonds is 11. The molecule has 2 aromatic carbocycles. The summed E-state index contributed by atoms with van der Waals surface area (Å²) < 4.78 is 10.5. The Bertz CT molecular complexity index is 943. The highest BCUT2D eigenvalue weighted by molar-refractivity contribution is 7.80. The standard InChI is InChI=1S/C23H26ClN3O5S/c24-18-11-4-5-12-19(18)32-16-21(29)26-27-23(33)25-20(28)13-6-14-22(30)31-15-7-10-17-8-2-1-3-9-17/h1-5,8-9,11-12H,6-7,10,13-16H2,(H,26,29)(H2,25,27,28,33). The molecule has 8 nitrogen and oxygen atoms in total. The molecule has 10 heteroatoms. The molecule has 0 aliphatic carbocycles. The summed E-state index contributed by atoms with van der Waals surface area (Å²) in [5.41, 5.74) is 5.91. The number of hydrazine groups is 1. The number of amides is 2. The molecule has 0 unspecified atom stereocenters. The van der Waals surface area contributed by atoms with Crippen LogP contribution in [0, 0.1) is 0 Å². The molecule has 0 saturated carbocycles. The Morgan fingerprint density at radius 1 is 0.879 bits per heavy atom. The van der Waals surface area contributed by atoms with E-state index in [1.807, 2.05) is 30.3 Å². The number of carbonyl (C=O) groups is 3. The molecule has 0 aliphatic rings. The number of thiocarbonyl (C=S) groups is 1. The predicted octanol–water partition coefficient (Wildman–Crippen LogP) is 3.09. The van der Waals surface area contributed by atoms with Gasteiger partial charge in [-0.1, -0.05) is 54.1 Å². The maximum absolute atomic E-state index is 11.9. The van der Waals surface area contributed by atoms with Crippen molar-refractivity contribution in [1.29, 1.82) is 0 Å². The van der Waals surface area contributed by atoms with E-state index in [0.717, 1.165) is 12.8 Å². The van der Waals surface area contributed by atoms with Gasteiger partial charge in [-0.2, -0.15) is 0 Å². The summed E-state index contributed by atoms with van der Waals surface area (Å²) in [4.78, 5) is 35.5. The summed E-state index contributed by atoms with van der Waals surface area (Å²) in [5, 5.41) is 2.73. The third-order valence-corrected chi connectivity index (χ3v) is 4.78. The van der Waals surface area contributed by atoms with Crippen LogP contribution in [0.1, 0.15) is 31.2 Å². The molecule has 0 fully saturated rings. The number of esters is 1. The van der Waals surface area contributed by atoms with Crippen LogP contribution in [0.3, 0.4) is 0 Å². The van der Waals surface area contributed by atoms with Crippen LogP contribution >= 0.6 is 23.8 Å². The van der Waals surface area contributed by atoms with Gasteiger partial charge in [0.05, 0.1) is 11.6 Å². The number of nitrogens with one attached hydrogen (secondary N) is 3. The lowest BCUT2D eigenvalue weighted by Gasteiger charge is -2.11. The van der Waals surface area contributed by atoms with Gasteiger partial charge < -0.3 is 14.8 Å². The first-order valence-electron chi connectivity index (χ1n) is 10.4. The highest BCUT2D eigenvalue weighted by Gasteiger charge is 2.09. The quantitative estimate of drug-likeness (QED) is 0.192. The monoisotopic (exact) mass is 491 g/mol. The zero-order chi connectivity index (χ0) is 23.9. The minimum atomic E-state index is -0.512. The first-order chi connectivity index (χ1) is 15.9. The first-order valence-corrected chi connectivity index (χ1v) is 11.2. The largest absolute Gasteiger partial charge is 0.482 e. The molecule has 176 valence electrons. The molecule has 3 N–H and O–H groups in total. The van der Waals surface area contributed by atoms with Crippen molar-refractivity contribution in [3.63, 3.8) is 0 Å². The molecular formula is C23H26ClN3O5S. The molecule has 0 radical (unpaired) electrons. The molecular weight excluding hydrogens is 466 g/mol. The van der Waals surface area contributed by atoms with Crippen LogP contribution in [0.2, 0.25) is 5.02 Å². The van der Waals surface area contributed by atoms with Crippen molar-refractivity contribution in [2.75, 3.05) is 13.2 Å². The number of ether oxygens (including phenoxy) is 2. The molecule has 2 aromatic rings. The van der Waals surface area contributed by atoms with Crippen molar-refractivity contribution in [2.24, 2.45) is 0 Å². The number of halogens is 1. The van der Waals surface area contributed by atoms with Gasteiger partial charge in [-0.05, 0) is 49.2 Å². The molecule has 0 heterocycles. The number of hydrogen-bond donors (Lipinski definition) is 3. The lowest BCUT2D eigenvalue weighted by atomic mass is 10.1. The van der Waals surface area contributed by atoms with E-state index in [1.54, 1.807) is 24.3 Å². The van der Waals surface area contributed by atoms with E-state index in [0.29, 0.717) is 23.8 Å². The van der Waals surface area contributed by atoms with Crippen molar-refractivity contribution in [3.05, 3.63) is 65.2 Å². The summed E-state index contributed by atoms with van der Waals surface area (Å²) >= 11 is 10.9. The van der Waals surface area contributed by atoms with E-state index in [4.69, 9.17) is 33.3 Å². The van der Waals surface area contributed by atoms with Crippen LogP contribution in [0.15, 0.2) is 54.6 Å². The Morgan fingerprint density at radius 2 is 1.61 bits per heavy atom. The van der Waals surface area contributed by atoms with Crippen molar-refractivity contribution in [1.82, 2.24) is 16.2 Å². The minimum Gasteiger partial charge on any atom is -0.482 e. The second-order valence-electron chi connectivity index (χ2n) is 6.93. The van der Waals surface area contributed by atoms with Gasteiger partial charge in [-0.3, -0.25) is 25.2 Å². The third-order valence-electron chi connectivity index (χ3n) is 4.26. The van der Waals surface area contributed by atoms with E-state index in [1.165, 1.54) is 5.56 Å². The van der Waals surface area contributed by atoms with Crippen LogP contribution in [0.5, 0.6) is 5.75 Å². The second-order valence-corrected chi connectivity index (χ2v) is 7.75. The summed E-state index contributed by atoms with van der Waals surface area (Å²) in [6, 6.07) is 16.7. The molecule has 33 heavy (non-hydrogen) atoms. The van der Waals surface area contributed by atoms with E-state index in [2.05, 4.69) is 16.2 Å². The van der Waals surface area contributed by atoms with Gasteiger partial charge in [0.2, 0.25) is 5.91 Å². The Labute approximate surface area is 202 Å². The van der Waals surface area contributed by atoms with Crippen molar-refractivity contribution in [2.45, 2.75) is 32.1 Å². The molecule has 0 atom stereocenters. The maximum Gasteiger partial charge on any atom is 0.305 e. The fraction of sp³-hybridized carbons (Fsp3) is 0.304. The molecule has 0 bridgehead atoms. The smallest absolute Gasteiger partial charge is 0.305 e. The average molecular weight is 492 g/mol. The topological polar surface area (TPSA) is 106 Å². The van der Waals surface area contributed by atoms with Crippen LogP contribution < -0.4 is 20.9 Å². The summed E-state index contributed by atoms with van der Waals surface area (Å²) in [6.07, 6.45) is 2.12. The second kappa shape index (κ2) is 14.8. The normalized spacial score (nSPS) is 10.1. The van der Waals surface area contributed by atoms with Crippen LogP contribution in [0.4, 0.5) is 0 Å². The first kappa shape index (κ1) is 26.1. The van der Waals surface area contributed by atoms with Crippen LogP contribution in [0.25, 0.3) is 0 Å². The highest BCUT2D eigenvalue weighted by Crippen LogP contribution is 2.22. The number of carbonyl (C=O) groups excluding carboxylic acids is 3. The maximum atomic E-state index is 11.9. The van der Waals surface area contributed by atoms with E-state index >= 15 is 0 Å². The van der Waals surface area contributed by atoms with Gasteiger partial charge in [0.25, 0.3) is 5.91 Å². The predicted molar refractivity (Wildman–Crippen MR) is 129 cm³/mol. The molecule has 0 spiro atoms. The number of aryl methyl sites for hydroxylation is 1. The fourth-order valence-corrected chi connectivity index (χ4v) is 3.02. The Kier molecular flexibility index (Phi) is 11.7. The van der Waals surface area contributed by atoms with E-state index in [9.17, 15) is 14.4 Å². The molecule has 0 saturated heterocycles. The minimum absolute atomic E-state index is 0.0745. The average Bonchev–Trinajstić information content (AvgIpc) is 2.80. The van der Waals surface area contributed by atoms with E-state index < -0.39 is 5.91 Å². The van der Waals surface area contributed by atoms with Gasteiger partial charge in [-0.15, -0.1) is 0 Å². The molecule has 2 rings (SSSR count). The van der Waals surface area contributed by atoms with Crippen molar-refractivity contribution in [3.8, 4) is 5.75 Å². The molecule has 2 amide bonds. The SMILES string of the molecule is O=C(COc1ccccc1Cl)NNC(=S)NC(=O)CCCC(=O)OCCCc1ccccc1. The van der Waals surface area contributed by atoms with Crippen molar-refractivity contribution >= 4 is 46.7 Å². The third kappa shape index (κ3) is 11.3. The van der Waals surface area contributed by atoms with Gasteiger partial charge in [-0.25, -0.2) is 0 Å². The fourth-order valence-electron chi connectivity index (χ4n) is 2.66. The lowest BCUT2D eigenvalue weighted by Crippen LogP contribution is -2.49. The Hall–Kier alpha value is -3.17. The zero-order valence-corrected chi connectivity index (χ0v) is 19.5. The van der Waals surface area contributed by atoms with Gasteiger partial charge >= 0.3 is 5.97 Å². The highest BCUT2D eigenvalue weighted by atomic mass is 35.5. The lowest BCUT2D eigenvalue weighted by molar-refractivity contribution is -0.143. The van der Waals surface area contributed by atoms with Crippen LogP contribution in [-0.2, 0) is 25.5 Å². The molecule has 0 aliphatic heterocycles. The van der Waals surface area contributed by atoms with Gasteiger partial charge in [0, 0.05) is 12.8 Å². The van der Waals surface area contributed by atoms with E-state index in [-0.39, 0.29) is 36.4 Å². The number of para-hydroxylation sites is 1. The summed E-state index contributed by atoms with van der Waals surface area (Å²) in [7, 11) is 0. The number of benzene rings is 2. The Morgan fingerprint density at radius 3 is 2.36 bits per heavy atom. The number of hydrogen-bond acceptors (Lipinski definition) is 6. The molecule has 0 aromatic heterocycles. The summed E-state index contributed by atoms with van der Waals surface area (Å²) in [6.45, 7) is 0.0502. The Balaban J connectivity index is 1.50. The van der Waals surface area contributed by atoms with Gasteiger partial charge in [0.1, 0.15) is 5.75 Å². The van der Waals surface area contributed by atoms with Crippen LogP contribution in [-0.4, -0.2) is 36.1 Å².